The normalized spacial score (nSPS) is 19.5. The van der Waals surface area contributed by atoms with Crippen LogP contribution in [0.5, 0.6) is 0 Å². The van der Waals surface area contributed by atoms with E-state index in [1.165, 1.54) is 141 Å². The zero-order valence-electron chi connectivity index (χ0n) is 53.9. The Labute approximate surface area is 525 Å². The lowest BCUT2D eigenvalue weighted by molar-refractivity contribution is 0.195. The van der Waals surface area contributed by atoms with Gasteiger partial charge in [0.2, 0.25) is 0 Å². The Morgan fingerprint density at radius 1 is 0.341 bits per heavy atom. The van der Waals surface area contributed by atoms with Crippen LogP contribution in [0, 0.1) is 0 Å². The van der Waals surface area contributed by atoms with Gasteiger partial charge in [-0.1, -0.05) is 247 Å². The second-order valence-corrected chi connectivity index (χ2v) is 30.3. The molecule has 1 saturated carbocycles. The molecule has 438 valence electrons. The lowest BCUT2D eigenvalue weighted by Gasteiger charge is -2.51. The summed E-state index contributed by atoms with van der Waals surface area (Å²) in [6.07, 6.45) is 6.88. The lowest BCUT2D eigenvalue weighted by atomic mass is 9.33. The summed E-state index contributed by atoms with van der Waals surface area (Å²) in [6, 6.07) is 85.0. The largest absolute Gasteiger partial charge is 0.334 e. The molecule has 2 unspecified atom stereocenters. The van der Waals surface area contributed by atoms with Gasteiger partial charge in [-0.15, -0.1) is 0 Å². The molecule has 4 heteroatoms. The molecule has 0 N–H and O–H groups in total. The molecule has 3 nitrogen and oxygen atoms in total. The molecule has 0 bridgehead atoms. The summed E-state index contributed by atoms with van der Waals surface area (Å²) in [5.41, 5.74) is 30.5. The van der Waals surface area contributed by atoms with Crippen LogP contribution in [0.1, 0.15) is 149 Å². The van der Waals surface area contributed by atoms with Crippen molar-refractivity contribution in [3.05, 3.63) is 246 Å². The van der Waals surface area contributed by atoms with E-state index in [9.17, 15) is 0 Å². The average Bonchev–Trinajstić information content (AvgIpc) is 1.13. The second-order valence-electron chi connectivity index (χ2n) is 30.3. The summed E-state index contributed by atoms with van der Waals surface area (Å²) in [7, 11) is 0. The average molecular weight is 1150 g/mol. The van der Waals surface area contributed by atoms with Crippen LogP contribution in [0.15, 0.2) is 218 Å². The third-order valence-electron chi connectivity index (χ3n) is 22.0. The molecular formula is C84H84BN3. The molecular weight excluding hydrogens is 1060 g/mol. The molecule has 10 aromatic rings. The first-order valence-electron chi connectivity index (χ1n) is 32.7. The van der Waals surface area contributed by atoms with E-state index in [0.29, 0.717) is 0 Å². The minimum absolute atomic E-state index is 0.0131. The van der Waals surface area contributed by atoms with Crippen LogP contribution in [0.4, 0.5) is 45.5 Å². The van der Waals surface area contributed by atoms with Crippen LogP contribution in [-0.2, 0) is 27.1 Å². The molecule has 5 aliphatic rings. The fourth-order valence-corrected chi connectivity index (χ4v) is 16.5. The predicted molar refractivity (Wildman–Crippen MR) is 378 cm³/mol. The third-order valence-corrected chi connectivity index (χ3v) is 22.0. The molecule has 0 amide bonds. The molecule has 15 rings (SSSR count). The van der Waals surface area contributed by atoms with Gasteiger partial charge in [-0.3, -0.25) is 0 Å². The predicted octanol–water partition coefficient (Wildman–Crippen LogP) is 21.1. The first-order valence-corrected chi connectivity index (χ1v) is 32.7. The maximum atomic E-state index is 2.85. The van der Waals surface area contributed by atoms with Crippen molar-refractivity contribution in [3.63, 3.8) is 0 Å². The summed E-state index contributed by atoms with van der Waals surface area (Å²) < 4.78 is 0. The second kappa shape index (κ2) is 20.1. The van der Waals surface area contributed by atoms with Gasteiger partial charge in [0.25, 0.3) is 6.71 Å². The van der Waals surface area contributed by atoms with E-state index < -0.39 is 0 Å². The number of nitrogens with zero attached hydrogens (tertiary/aromatic N) is 3. The summed E-state index contributed by atoms with van der Waals surface area (Å²) >= 11 is 0. The van der Waals surface area contributed by atoms with E-state index in [4.69, 9.17) is 0 Å². The van der Waals surface area contributed by atoms with Crippen LogP contribution in [-0.4, -0.2) is 12.3 Å². The van der Waals surface area contributed by atoms with Crippen molar-refractivity contribution in [1.29, 1.82) is 0 Å². The lowest BCUT2D eigenvalue weighted by Crippen LogP contribution is -2.62. The van der Waals surface area contributed by atoms with Gasteiger partial charge in [0.05, 0.1) is 11.2 Å². The fourth-order valence-electron chi connectivity index (χ4n) is 16.5. The van der Waals surface area contributed by atoms with Crippen molar-refractivity contribution in [3.8, 4) is 44.5 Å². The Morgan fingerprint density at radius 2 is 0.852 bits per heavy atom. The Balaban J connectivity index is 1.08. The van der Waals surface area contributed by atoms with Crippen molar-refractivity contribution >= 4 is 68.6 Å². The molecule has 10 aromatic carbocycles. The maximum absolute atomic E-state index is 2.85. The Kier molecular flexibility index (Phi) is 12.8. The van der Waals surface area contributed by atoms with Crippen LogP contribution >= 0.6 is 0 Å². The van der Waals surface area contributed by atoms with Gasteiger partial charge in [0.1, 0.15) is 0 Å². The molecule has 88 heavy (non-hydrogen) atoms. The van der Waals surface area contributed by atoms with Gasteiger partial charge >= 0.3 is 0 Å². The molecule has 0 saturated heterocycles. The number of benzene rings is 10. The highest BCUT2D eigenvalue weighted by Crippen LogP contribution is 2.63. The van der Waals surface area contributed by atoms with Gasteiger partial charge in [-0.25, -0.2) is 0 Å². The van der Waals surface area contributed by atoms with Crippen molar-refractivity contribution in [1.82, 2.24) is 0 Å². The third kappa shape index (κ3) is 8.81. The van der Waals surface area contributed by atoms with Gasteiger partial charge in [-0.05, 0) is 198 Å². The molecule has 0 spiro atoms. The van der Waals surface area contributed by atoms with E-state index in [1.807, 2.05) is 0 Å². The molecule has 3 aliphatic heterocycles. The summed E-state index contributed by atoms with van der Waals surface area (Å²) in [6.45, 7) is 29.1. The number of rotatable bonds is 7. The van der Waals surface area contributed by atoms with Crippen LogP contribution in [0.25, 0.3) is 44.5 Å². The van der Waals surface area contributed by atoms with E-state index in [2.05, 4.69) is 316 Å². The zero-order chi connectivity index (χ0) is 60.9. The fraction of sp³-hybridized carbons (Fsp3) is 0.286. The molecule has 0 aromatic heterocycles. The monoisotopic (exact) mass is 1150 g/mol. The highest BCUT2D eigenvalue weighted by atomic mass is 15.3. The standard InChI is InChI=1S/C84H84BN3/c1-79(2,3)62-37-33-57(34-38-62)60-36-41-73-69(48-60)83(11)43-22-23-44-84(83,12)88(73)65-51-76-78-77(52-65)87(72-42-39-63(80(4,5)6)50-66(72)58-29-20-15-21-30-58)75-54-68-67(81(7,8)45-46-82(68,9)10)53-71(75)85(78)70-40-35-61(56-27-18-14-19-28-56)49-74(70)86(76)64-32-24-31-59(47-64)55-25-16-13-17-26-55/h13-21,24-42,47-54H,22-23,43-46H2,1-12H3. The SMILES string of the molecule is CC(C)(C)c1ccc(-c2ccc3c(c2)C2(C)CCCCC2(C)N3c2cc3c4c(c2)N(c2ccc(C(C)(C)C)cc2-c2ccccc2)c2cc5c(cc2B4c2ccc(-c4ccccc4)cc2N3c2cccc(-c3ccccc3)c2)C(C)(C)CCC5(C)C)cc1. The van der Waals surface area contributed by atoms with Gasteiger partial charge < -0.3 is 14.7 Å². The van der Waals surface area contributed by atoms with E-state index in [-0.39, 0.29) is 39.3 Å². The number of hydrogen-bond acceptors (Lipinski definition) is 3. The topological polar surface area (TPSA) is 9.72 Å². The molecule has 1 fully saturated rings. The number of anilines is 8. The molecule has 2 aliphatic carbocycles. The highest BCUT2D eigenvalue weighted by molar-refractivity contribution is 7.00. The summed E-state index contributed by atoms with van der Waals surface area (Å²) in [4.78, 5) is 8.28. The van der Waals surface area contributed by atoms with Gasteiger partial charge in [0, 0.05) is 50.8 Å². The molecule has 2 atom stereocenters. The number of hydrogen-bond donors (Lipinski definition) is 0. The first-order chi connectivity index (χ1) is 42.1. The molecule has 0 radical (unpaired) electrons. The summed E-state index contributed by atoms with van der Waals surface area (Å²) in [5.74, 6) is 0. The van der Waals surface area contributed by atoms with Crippen LogP contribution < -0.4 is 31.1 Å². The van der Waals surface area contributed by atoms with E-state index >= 15 is 0 Å². The Morgan fingerprint density at radius 3 is 1.50 bits per heavy atom. The smallest absolute Gasteiger partial charge is 0.252 e. The number of fused-ring (bicyclic) bond motifs is 8. The first kappa shape index (κ1) is 56.2. The summed E-state index contributed by atoms with van der Waals surface area (Å²) in [5, 5.41) is 0. The Hall–Kier alpha value is -8.34. The minimum Gasteiger partial charge on any atom is -0.334 e. The van der Waals surface area contributed by atoms with E-state index in [1.54, 1.807) is 0 Å². The van der Waals surface area contributed by atoms with Crippen molar-refractivity contribution in [2.24, 2.45) is 0 Å². The zero-order valence-corrected chi connectivity index (χ0v) is 53.9. The van der Waals surface area contributed by atoms with Gasteiger partial charge in [-0.2, -0.15) is 0 Å². The quantitative estimate of drug-likeness (QED) is 0.147. The minimum atomic E-state index is -0.233. The van der Waals surface area contributed by atoms with Crippen LogP contribution in [0.2, 0.25) is 0 Å². The highest BCUT2D eigenvalue weighted by Gasteiger charge is 2.58. The van der Waals surface area contributed by atoms with Crippen LogP contribution in [0.3, 0.4) is 0 Å². The van der Waals surface area contributed by atoms with E-state index in [0.717, 1.165) is 31.4 Å². The van der Waals surface area contributed by atoms with Crippen molar-refractivity contribution in [2.75, 3.05) is 14.7 Å². The van der Waals surface area contributed by atoms with Crippen molar-refractivity contribution < 1.29 is 0 Å². The molecule has 3 heterocycles. The maximum Gasteiger partial charge on any atom is 0.252 e. The van der Waals surface area contributed by atoms with Gasteiger partial charge in [0.15, 0.2) is 0 Å². The van der Waals surface area contributed by atoms with Crippen molar-refractivity contribution in [2.45, 2.75) is 154 Å². The Bertz CT molecular complexity index is 4390.